The molecule has 3 unspecified atom stereocenters. The molecule has 0 aromatic rings. The standard InChI is InChI=1S/C30H57N4O22P3/c1-13(36)32-22-19(7-16(10-35)25(39)28(22)42)55-58(47,48)52-12-18-9-21(24(34-15(3)38)30(44)27(18)41)56-59(49,50)53-11-17-8-20(54-57(45,46)51-6-4-5-31)23(33-14(2)37)29(43)26(17)40/h16-30,35,39-44H,4-12,31H2,1-3H3,(H,32,36)(H,33,37)(H,34,38)(H,45,46)(H,47,48)(H,49,50)/t16-,17-,18-,19+,20+,21+,22-,23-,24-,25-,26-,27-,28-,29-,30-/m1/s1. The van der Waals surface area contributed by atoms with Crippen LogP contribution in [-0.2, 0) is 55.2 Å². The predicted octanol–water partition coefficient (Wildman–Crippen LogP) is -4.43. The summed E-state index contributed by atoms with van der Waals surface area (Å²) in [4.78, 5) is 67.3. The Balaban J connectivity index is 1.75. The minimum atomic E-state index is -5.32. The van der Waals surface area contributed by atoms with Crippen LogP contribution < -0.4 is 21.7 Å². The quantitative estimate of drug-likeness (QED) is 0.0405. The molecule has 0 spiro atoms. The molecule has 3 aliphatic carbocycles. The van der Waals surface area contributed by atoms with Crippen LogP contribution in [0.2, 0.25) is 0 Å². The van der Waals surface area contributed by atoms with Gasteiger partial charge in [0.2, 0.25) is 17.7 Å². The number of rotatable bonds is 20. The fourth-order valence-corrected chi connectivity index (χ4v) is 10.2. The Morgan fingerprint density at radius 2 is 0.864 bits per heavy atom. The van der Waals surface area contributed by atoms with Crippen LogP contribution in [0.1, 0.15) is 46.5 Å². The summed E-state index contributed by atoms with van der Waals surface area (Å²) in [5.41, 5.74) is 5.37. The third kappa shape index (κ3) is 15.0. The van der Waals surface area contributed by atoms with Crippen LogP contribution in [0, 0.1) is 17.8 Å². The number of phosphoric acid groups is 3. The normalized spacial score (nSPS) is 38.2. The zero-order chi connectivity index (χ0) is 44.6. The van der Waals surface area contributed by atoms with Crippen LogP contribution in [0.25, 0.3) is 0 Å². The van der Waals surface area contributed by atoms with Gasteiger partial charge in [-0.15, -0.1) is 0 Å². The first-order valence-electron chi connectivity index (χ1n) is 18.5. The lowest BCUT2D eigenvalue weighted by Crippen LogP contribution is -2.62. The molecule has 3 saturated carbocycles. The predicted molar refractivity (Wildman–Crippen MR) is 196 cm³/mol. The van der Waals surface area contributed by atoms with Crippen molar-refractivity contribution in [1.29, 1.82) is 0 Å². The van der Waals surface area contributed by atoms with Gasteiger partial charge < -0.3 is 72.1 Å². The fourth-order valence-electron chi connectivity index (χ4n) is 7.22. The minimum absolute atomic E-state index is 0.112. The van der Waals surface area contributed by atoms with E-state index >= 15 is 0 Å². The second-order valence-corrected chi connectivity index (χ2v) is 18.9. The lowest BCUT2D eigenvalue weighted by molar-refractivity contribution is -0.137. The van der Waals surface area contributed by atoms with E-state index in [9.17, 15) is 78.5 Å². The third-order valence-corrected chi connectivity index (χ3v) is 13.1. The van der Waals surface area contributed by atoms with Gasteiger partial charge in [0, 0.05) is 45.1 Å². The zero-order valence-corrected chi connectivity index (χ0v) is 35.0. The summed E-state index contributed by atoms with van der Waals surface area (Å²) in [7, 11) is -15.4. The van der Waals surface area contributed by atoms with Crippen molar-refractivity contribution in [2.24, 2.45) is 23.5 Å². The number of aliphatic hydroxyl groups is 7. The van der Waals surface area contributed by atoms with E-state index in [-0.39, 0.29) is 26.0 Å². The van der Waals surface area contributed by atoms with Crippen LogP contribution in [0.5, 0.6) is 0 Å². The largest absolute Gasteiger partial charge is 0.472 e. The van der Waals surface area contributed by atoms with Crippen molar-refractivity contribution in [2.45, 2.75) is 120 Å². The van der Waals surface area contributed by atoms with Gasteiger partial charge in [0.15, 0.2) is 0 Å². The molecular weight excluding hydrogens is 861 g/mol. The number of hydrogen-bond donors (Lipinski definition) is 14. The highest BCUT2D eigenvalue weighted by Gasteiger charge is 2.51. The van der Waals surface area contributed by atoms with Gasteiger partial charge in [0.05, 0.1) is 74.6 Å². The van der Waals surface area contributed by atoms with Crippen LogP contribution >= 0.6 is 23.5 Å². The summed E-state index contributed by atoms with van der Waals surface area (Å²) in [6.07, 6.45) is -16.6. The SMILES string of the molecule is CC(=O)N[C@H]1[C@@H](O)[C@H](O)[C@@H](CO)C[C@@H]1OP(=O)(O)OC[C@H]1C[C@H](OP(=O)(O)OC[C@H]2C[C@H](OP(=O)(O)OCCCN)[C@@H](NC(C)=O)[C@@H](O)[C@@H]2O)[C@@H](NC(C)=O)[C@@H](O)[C@@H]1O. The highest BCUT2D eigenvalue weighted by molar-refractivity contribution is 7.48. The zero-order valence-electron chi connectivity index (χ0n) is 32.3. The molecule has 29 heteroatoms. The van der Waals surface area contributed by atoms with Crippen molar-refractivity contribution in [3.05, 3.63) is 0 Å². The third-order valence-electron chi connectivity index (χ3n) is 10.1. The number of amides is 3. The van der Waals surface area contributed by atoms with E-state index in [1.54, 1.807) is 0 Å². The molecule has 0 aromatic heterocycles. The fraction of sp³-hybridized carbons (Fsp3) is 0.900. The van der Waals surface area contributed by atoms with Gasteiger partial charge in [-0.2, -0.15) is 0 Å². The molecule has 26 nitrogen and oxygen atoms in total. The molecule has 3 rings (SSSR count). The Labute approximate surface area is 338 Å². The molecule has 0 aromatic carbocycles. The Kier molecular flexibility index (Phi) is 19.4. The molecule has 3 aliphatic rings. The van der Waals surface area contributed by atoms with Gasteiger partial charge >= 0.3 is 23.5 Å². The monoisotopic (exact) mass is 918 g/mol. The van der Waals surface area contributed by atoms with Gasteiger partial charge in [0.25, 0.3) is 0 Å². The number of carbonyl (C=O) groups excluding carboxylic acids is 3. The highest BCUT2D eigenvalue weighted by atomic mass is 31.2. The second-order valence-electron chi connectivity index (χ2n) is 14.7. The lowest BCUT2D eigenvalue weighted by Gasteiger charge is -2.44. The second kappa shape index (κ2) is 22.2. The smallest absolute Gasteiger partial charge is 0.396 e. The summed E-state index contributed by atoms with van der Waals surface area (Å²) >= 11 is 0. The average molecular weight is 919 g/mol. The molecule has 18 atom stereocenters. The molecule has 0 bridgehead atoms. The van der Waals surface area contributed by atoms with Crippen LogP contribution in [-0.4, -0.2) is 174 Å². The van der Waals surface area contributed by atoms with Crippen molar-refractivity contribution >= 4 is 41.2 Å². The molecule has 0 radical (unpaired) electrons. The maximum atomic E-state index is 13.3. The number of phosphoric ester groups is 3. The first-order valence-corrected chi connectivity index (χ1v) is 23.0. The molecule has 0 saturated heterocycles. The average Bonchev–Trinajstić information content (AvgIpc) is 3.12. The highest BCUT2D eigenvalue weighted by Crippen LogP contribution is 2.52. The molecule has 3 fully saturated rings. The molecule has 0 heterocycles. The number of nitrogens with one attached hydrogen (secondary N) is 3. The molecule has 3 amide bonds. The van der Waals surface area contributed by atoms with Crippen LogP contribution in [0.15, 0.2) is 0 Å². The van der Waals surface area contributed by atoms with E-state index in [0.29, 0.717) is 0 Å². The summed E-state index contributed by atoms with van der Waals surface area (Å²) in [5, 5.41) is 80.9. The number of hydrogen-bond acceptors (Lipinski definition) is 20. The molecule has 59 heavy (non-hydrogen) atoms. The van der Waals surface area contributed by atoms with Gasteiger partial charge in [0.1, 0.15) is 18.3 Å². The number of aliphatic hydroxyl groups excluding tert-OH is 7. The van der Waals surface area contributed by atoms with E-state index in [1.807, 2.05) is 0 Å². The summed E-state index contributed by atoms with van der Waals surface area (Å²) in [5.74, 6) is -5.95. The summed E-state index contributed by atoms with van der Waals surface area (Å²) in [6, 6.07) is -4.49. The topological polar surface area (TPSA) is 422 Å². The van der Waals surface area contributed by atoms with Crippen molar-refractivity contribution < 1.29 is 106 Å². The Morgan fingerprint density at radius 1 is 0.559 bits per heavy atom. The molecule has 0 aliphatic heterocycles. The number of nitrogens with two attached hydrogens (primary N) is 1. The van der Waals surface area contributed by atoms with Crippen molar-refractivity contribution in [3.8, 4) is 0 Å². The van der Waals surface area contributed by atoms with Crippen LogP contribution in [0.4, 0.5) is 0 Å². The van der Waals surface area contributed by atoms with E-state index in [4.69, 9.17) is 32.9 Å². The van der Waals surface area contributed by atoms with E-state index in [1.165, 1.54) is 0 Å². The molecule has 344 valence electrons. The Bertz CT molecular complexity index is 1570. The first-order chi connectivity index (χ1) is 27.3. The van der Waals surface area contributed by atoms with Gasteiger partial charge in [-0.3, -0.25) is 41.5 Å². The maximum Gasteiger partial charge on any atom is 0.472 e. The Hall–Kier alpha value is -1.58. The molecule has 15 N–H and O–H groups in total. The maximum absolute atomic E-state index is 13.3. The number of carbonyl (C=O) groups is 3. The molecular formula is C30H57N4O22P3. The van der Waals surface area contributed by atoms with Crippen molar-refractivity contribution in [3.63, 3.8) is 0 Å². The van der Waals surface area contributed by atoms with E-state index in [2.05, 4.69) is 16.0 Å². The lowest BCUT2D eigenvalue weighted by atomic mass is 9.80. The first kappa shape index (κ1) is 51.8. The minimum Gasteiger partial charge on any atom is -0.396 e. The van der Waals surface area contributed by atoms with Gasteiger partial charge in [-0.1, -0.05) is 0 Å². The van der Waals surface area contributed by atoms with E-state index < -0.39 is 165 Å². The van der Waals surface area contributed by atoms with Gasteiger partial charge in [-0.05, 0) is 32.2 Å². The summed E-state index contributed by atoms with van der Waals surface area (Å²) in [6.45, 7) is 0.508. The van der Waals surface area contributed by atoms with E-state index in [0.717, 1.165) is 20.8 Å². The van der Waals surface area contributed by atoms with Crippen molar-refractivity contribution in [2.75, 3.05) is 33.0 Å². The van der Waals surface area contributed by atoms with Gasteiger partial charge in [-0.25, -0.2) is 13.7 Å². The Morgan fingerprint density at radius 3 is 1.17 bits per heavy atom. The summed E-state index contributed by atoms with van der Waals surface area (Å²) < 4.78 is 69.8. The van der Waals surface area contributed by atoms with Crippen LogP contribution in [0.3, 0.4) is 0 Å². The van der Waals surface area contributed by atoms with Crippen molar-refractivity contribution in [1.82, 2.24) is 16.0 Å².